The van der Waals surface area contributed by atoms with Gasteiger partial charge in [-0.05, 0) is 12.1 Å². The summed E-state index contributed by atoms with van der Waals surface area (Å²) >= 11 is 7.63. The molecule has 0 fully saturated rings. The molecule has 0 bridgehead atoms. The number of nitrogens with one attached hydrogen (secondary N) is 2. The van der Waals surface area contributed by atoms with Gasteiger partial charge >= 0.3 is 0 Å². The van der Waals surface area contributed by atoms with Crippen molar-refractivity contribution in [3.05, 3.63) is 34.4 Å². The third-order valence-electron chi connectivity index (χ3n) is 2.73. The van der Waals surface area contributed by atoms with Gasteiger partial charge < -0.3 is 16.0 Å². The number of hydrogen-bond donors (Lipinski definition) is 3. The van der Waals surface area contributed by atoms with Crippen molar-refractivity contribution in [3.63, 3.8) is 0 Å². The minimum absolute atomic E-state index is 0.601. The Morgan fingerprint density at radius 1 is 1.42 bits per heavy atom. The Labute approximate surface area is 118 Å². The van der Waals surface area contributed by atoms with Crippen LogP contribution in [0.1, 0.15) is 5.69 Å². The second-order valence-electron chi connectivity index (χ2n) is 4.08. The van der Waals surface area contributed by atoms with Crippen molar-refractivity contribution in [2.45, 2.75) is 6.42 Å². The Morgan fingerprint density at radius 3 is 3.11 bits per heavy atom. The fraction of sp³-hybridized carbons (Fsp3) is 0.167. The predicted octanol–water partition coefficient (Wildman–Crippen LogP) is 2.91. The van der Waals surface area contributed by atoms with Crippen LogP contribution in [0.2, 0.25) is 5.02 Å². The minimum atomic E-state index is 0.601. The number of anilines is 2. The monoisotopic (exact) mass is 293 g/mol. The van der Waals surface area contributed by atoms with Crippen molar-refractivity contribution in [1.82, 2.24) is 15.0 Å². The Morgan fingerprint density at radius 2 is 2.32 bits per heavy atom. The lowest BCUT2D eigenvalue weighted by atomic mass is 10.3. The summed E-state index contributed by atoms with van der Waals surface area (Å²) in [6.07, 6.45) is 2.63. The predicted molar refractivity (Wildman–Crippen MR) is 79.8 cm³/mol. The van der Waals surface area contributed by atoms with E-state index in [2.05, 4.69) is 20.3 Å². The summed E-state index contributed by atoms with van der Waals surface area (Å²) in [6.45, 7) is 0.735. The van der Waals surface area contributed by atoms with Gasteiger partial charge in [-0.2, -0.15) is 0 Å². The Hall–Kier alpha value is -1.79. The van der Waals surface area contributed by atoms with E-state index < -0.39 is 0 Å². The van der Waals surface area contributed by atoms with Gasteiger partial charge in [-0.25, -0.2) is 9.97 Å². The van der Waals surface area contributed by atoms with Crippen molar-refractivity contribution in [3.8, 4) is 0 Å². The van der Waals surface area contributed by atoms with Crippen LogP contribution in [0.25, 0.3) is 11.0 Å². The number of nitrogens with two attached hydrogens (primary N) is 1. The van der Waals surface area contributed by atoms with Crippen molar-refractivity contribution >= 4 is 44.9 Å². The molecule has 0 saturated carbocycles. The van der Waals surface area contributed by atoms with Gasteiger partial charge in [-0.3, -0.25) is 0 Å². The summed E-state index contributed by atoms with van der Waals surface area (Å²) in [7, 11) is 0. The number of halogens is 1. The molecule has 0 saturated heterocycles. The number of hydrogen-bond acceptors (Lipinski definition) is 5. The first-order valence-corrected chi connectivity index (χ1v) is 7.05. The van der Waals surface area contributed by atoms with E-state index in [0.717, 1.165) is 35.5 Å². The topological polar surface area (TPSA) is 79.6 Å². The largest absolute Gasteiger partial charge is 0.375 e. The summed E-state index contributed by atoms with van der Waals surface area (Å²) in [5, 5.41) is 7.41. The molecule has 0 atom stereocenters. The molecule has 5 nitrogen and oxygen atoms in total. The third-order valence-corrected chi connectivity index (χ3v) is 3.77. The zero-order valence-corrected chi connectivity index (χ0v) is 11.6. The molecule has 3 heterocycles. The highest BCUT2D eigenvalue weighted by molar-refractivity contribution is 7.13. The van der Waals surface area contributed by atoms with E-state index in [1.807, 2.05) is 23.7 Å². The van der Waals surface area contributed by atoms with Crippen molar-refractivity contribution in [2.24, 2.45) is 0 Å². The molecule has 0 aliphatic heterocycles. The maximum Gasteiger partial charge on any atom is 0.180 e. The molecule has 4 N–H and O–H groups in total. The Kier molecular flexibility index (Phi) is 3.27. The first kappa shape index (κ1) is 12.3. The van der Waals surface area contributed by atoms with E-state index in [0.29, 0.717) is 10.2 Å². The van der Waals surface area contributed by atoms with E-state index in [4.69, 9.17) is 17.3 Å². The Bertz CT molecular complexity index is 705. The molecular formula is C12H12ClN5S. The number of fused-ring (bicyclic) bond motifs is 1. The maximum absolute atomic E-state index is 6.18. The summed E-state index contributed by atoms with van der Waals surface area (Å²) < 4.78 is 0. The van der Waals surface area contributed by atoms with Gasteiger partial charge in [0.15, 0.2) is 5.13 Å². The van der Waals surface area contributed by atoms with Crippen molar-refractivity contribution < 1.29 is 0 Å². The standard InChI is InChI=1S/C12H12ClN5S/c13-9-5-10(18-11-8(9)2-4-16-11)15-3-1-7-6-19-12(14)17-7/h2,4-6H,1,3H2,(H2,14,17)(H2,15,16,18). The summed E-state index contributed by atoms with van der Waals surface area (Å²) in [5.74, 6) is 0.753. The fourth-order valence-electron chi connectivity index (χ4n) is 1.84. The van der Waals surface area contributed by atoms with E-state index in [-0.39, 0.29) is 0 Å². The van der Waals surface area contributed by atoms with Crippen LogP contribution in [-0.2, 0) is 6.42 Å². The highest BCUT2D eigenvalue weighted by Gasteiger charge is 2.05. The van der Waals surface area contributed by atoms with Gasteiger partial charge in [0.2, 0.25) is 0 Å². The van der Waals surface area contributed by atoms with E-state index in [9.17, 15) is 0 Å². The van der Waals surface area contributed by atoms with Crippen molar-refractivity contribution in [1.29, 1.82) is 0 Å². The molecule has 0 aliphatic carbocycles. The van der Waals surface area contributed by atoms with Crippen LogP contribution in [-0.4, -0.2) is 21.5 Å². The van der Waals surface area contributed by atoms with Crippen LogP contribution in [0, 0.1) is 0 Å². The molecule has 0 aliphatic rings. The second-order valence-corrected chi connectivity index (χ2v) is 5.38. The van der Waals surface area contributed by atoms with Crippen molar-refractivity contribution in [2.75, 3.05) is 17.6 Å². The van der Waals surface area contributed by atoms with Gasteiger partial charge in [0.05, 0.1) is 10.7 Å². The molecule has 0 unspecified atom stereocenters. The number of rotatable bonds is 4. The molecule has 3 aromatic rings. The van der Waals surface area contributed by atoms with Gasteiger partial charge in [-0.15, -0.1) is 11.3 Å². The van der Waals surface area contributed by atoms with E-state index >= 15 is 0 Å². The number of pyridine rings is 1. The first-order chi connectivity index (χ1) is 9.22. The molecule has 0 amide bonds. The summed E-state index contributed by atoms with van der Waals surface area (Å²) in [4.78, 5) is 11.7. The zero-order valence-electron chi connectivity index (χ0n) is 9.98. The first-order valence-electron chi connectivity index (χ1n) is 5.80. The van der Waals surface area contributed by atoms with Crippen LogP contribution in [0.5, 0.6) is 0 Å². The molecule has 0 radical (unpaired) electrons. The molecule has 98 valence electrons. The SMILES string of the molecule is Nc1nc(CCNc2cc(Cl)c3cc[nH]c3n2)cs1. The summed E-state index contributed by atoms with van der Waals surface area (Å²) in [5.41, 5.74) is 7.36. The maximum atomic E-state index is 6.18. The van der Waals surface area contributed by atoms with Crippen LogP contribution >= 0.6 is 22.9 Å². The van der Waals surface area contributed by atoms with Gasteiger partial charge in [0, 0.05) is 29.9 Å². The molecule has 0 spiro atoms. The second kappa shape index (κ2) is 5.07. The van der Waals surface area contributed by atoms with E-state index in [1.54, 1.807) is 0 Å². The van der Waals surface area contributed by atoms with Crippen LogP contribution < -0.4 is 11.1 Å². The van der Waals surface area contributed by atoms with Gasteiger partial charge in [0.1, 0.15) is 11.5 Å². The van der Waals surface area contributed by atoms with Crippen LogP contribution in [0.4, 0.5) is 10.9 Å². The number of aromatic amines is 1. The quantitative estimate of drug-likeness (QED) is 0.691. The lowest BCUT2D eigenvalue weighted by Crippen LogP contribution is -2.06. The molecule has 3 aromatic heterocycles. The van der Waals surface area contributed by atoms with Gasteiger partial charge in [0.25, 0.3) is 0 Å². The minimum Gasteiger partial charge on any atom is -0.375 e. The number of nitrogen functional groups attached to an aromatic ring is 1. The molecule has 19 heavy (non-hydrogen) atoms. The van der Waals surface area contributed by atoms with Crippen LogP contribution in [0.15, 0.2) is 23.7 Å². The number of nitrogens with zero attached hydrogens (tertiary/aromatic N) is 2. The highest BCUT2D eigenvalue weighted by Crippen LogP contribution is 2.24. The normalized spacial score (nSPS) is 11.0. The highest BCUT2D eigenvalue weighted by atomic mass is 35.5. The average molecular weight is 294 g/mol. The average Bonchev–Trinajstić information content (AvgIpc) is 2.98. The lowest BCUT2D eigenvalue weighted by molar-refractivity contribution is 0.972. The van der Waals surface area contributed by atoms with Gasteiger partial charge in [-0.1, -0.05) is 11.6 Å². The lowest BCUT2D eigenvalue weighted by Gasteiger charge is -2.05. The summed E-state index contributed by atoms with van der Waals surface area (Å²) in [6, 6.07) is 3.74. The molecule has 0 aromatic carbocycles. The molecular weight excluding hydrogens is 282 g/mol. The molecule has 7 heteroatoms. The zero-order chi connectivity index (χ0) is 13.2. The number of H-pyrrole nitrogens is 1. The van der Waals surface area contributed by atoms with E-state index in [1.165, 1.54) is 11.3 Å². The molecule has 3 rings (SSSR count). The number of aromatic nitrogens is 3. The smallest absolute Gasteiger partial charge is 0.180 e. The third kappa shape index (κ3) is 2.64. The fourth-order valence-corrected chi connectivity index (χ4v) is 2.70. The Balaban J connectivity index is 1.68. The number of thiazole rings is 1. The van der Waals surface area contributed by atoms with Crippen LogP contribution in [0.3, 0.4) is 0 Å².